The van der Waals surface area contributed by atoms with Crippen LogP contribution in [0.3, 0.4) is 0 Å². The standard InChI is InChI=1S/C13H15NO2/c1-10-8-15-12-5-4-11(3-2-6-14)7-13(12)16-9-10/h4-5,7,10H,6,8-9,14H2,1H3. The van der Waals surface area contributed by atoms with Gasteiger partial charge in [0.1, 0.15) is 0 Å². The number of hydrogen-bond donors (Lipinski definition) is 1. The molecule has 0 bridgehead atoms. The largest absolute Gasteiger partial charge is 0.489 e. The maximum Gasteiger partial charge on any atom is 0.162 e. The lowest BCUT2D eigenvalue weighted by molar-refractivity contribution is 0.228. The summed E-state index contributed by atoms with van der Waals surface area (Å²) in [5, 5.41) is 0. The van der Waals surface area contributed by atoms with Gasteiger partial charge in [0.2, 0.25) is 0 Å². The first-order valence-corrected chi connectivity index (χ1v) is 5.38. The minimum Gasteiger partial charge on any atom is -0.489 e. The van der Waals surface area contributed by atoms with Crippen molar-refractivity contribution in [3.8, 4) is 23.3 Å². The third kappa shape index (κ3) is 2.47. The summed E-state index contributed by atoms with van der Waals surface area (Å²) >= 11 is 0. The fraction of sp³-hybridized carbons (Fsp3) is 0.385. The zero-order valence-corrected chi connectivity index (χ0v) is 9.32. The van der Waals surface area contributed by atoms with Gasteiger partial charge in [0, 0.05) is 11.5 Å². The van der Waals surface area contributed by atoms with Crippen molar-refractivity contribution in [2.75, 3.05) is 19.8 Å². The minimum absolute atomic E-state index is 0.367. The molecule has 16 heavy (non-hydrogen) atoms. The topological polar surface area (TPSA) is 44.5 Å². The molecule has 1 atom stereocenters. The molecule has 0 fully saturated rings. The Morgan fingerprint density at radius 1 is 1.31 bits per heavy atom. The molecule has 84 valence electrons. The lowest BCUT2D eigenvalue weighted by Crippen LogP contribution is -2.12. The highest BCUT2D eigenvalue weighted by Crippen LogP contribution is 2.30. The van der Waals surface area contributed by atoms with Gasteiger partial charge in [0.15, 0.2) is 11.5 Å². The third-order valence-electron chi connectivity index (χ3n) is 2.33. The summed E-state index contributed by atoms with van der Waals surface area (Å²) in [4.78, 5) is 0. The van der Waals surface area contributed by atoms with Crippen LogP contribution in [0.2, 0.25) is 0 Å². The van der Waals surface area contributed by atoms with Crippen molar-refractivity contribution in [3.63, 3.8) is 0 Å². The van der Waals surface area contributed by atoms with Gasteiger partial charge in [0.05, 0.1) is 19.8 Å². The summed E-state index contributed by atoms with van der Waals surface area (Å²) < 4.78 is 11.3. The van der Waals surface area contributed by atoms with Crippen LogP contribution in [0.15, 0.2) is 18.2 Å². The molecule has 1 aliphatic rings. The van der Waals surface area contributed by atoms with Crippen LogP contribution < -0.4 is 15.2 Å². The quantitative estimate of drug-likeness (QED) is 0.668. The van der Waals surface area contributed by atoms with Gasteiger partial charge in [-0.1, -0.05) is 18.8 Å². The molecule has 2 N–H and O–H groups in total. The number of benzene rings is 1. The van der Waals surface area contributed by atoms with Gasteiger partial charge in [-0.25, -0.2) is 0 Å². The smallest absolute Gasteiger partial charge is 0.162 e. The van der Waals surface area contributed by atoms with E-state index in [4.69, 9.17) is 15.2 Å². The Labute approximate surface area is 95.5 Å². The Bertz CT molecular complexity index is 431. The molecule has 0 saturated carbocycles. The first kappa shape index (κ1) is 10.8. The predicted molar refractivity (Wildman–Crippen MR) is 62.5 cm³/mol. The van der Waals surface area contributed by atoms with Crippen LogP contribution in [0.1, 0.15) is 12.5 Å². The van der Waals surface area contributed by atoms with Gasteiger partial charge in [0.25, 0.3) is 0 Å². The van der Waals surface area contributed by atoms with E-state index in [1.807, 2.05) is 18.2 Å². The molecule has 1 heterocycles. The normalized spacial score (nSPS) is 18.2. The molecule has 1 unspecified atom stereocenters. The number of hydrogen-bond acceptors (Lipinski definition) is 3. The van der Waals surface area contributed by atoms with E-state index in [-0.39, 0.29) is 0 Å². The summed E-state index contributed by atoms with van der Waals surface area (Å²) in [6, 6.07) is 5.71. The predicted octanol–water partition coefficient (Wildman–Crippen LogP) is 1.40. The molecule has 0 radical (unpaired) electrons. The summed E-state index contributed by atoms with van der Waals surface area (Å²) in [5.41, 5.74) is 6.23. The summed E-state index contributed by atoms with van der Waals surface area (Å²) in [6.45, 7) is 3.84. The Morgan fingerprint density at radius 2 is 2.06 bits per heavy atom. The average Bonchev–Trinajstić information content (AvgIpc) is 2.49. The zero-order chi connectivity index (χ0) is 11.4. The molecule has 3 heteroatoms. The monoisotopic (exact) mass is 217 g/mol. The van der Waals surface area contributed by atoms with Crippen LogP contribution in [0.4, 0.5) is 0 Å². The third-order valence-corrected chi connectivity index (χ3v) is 2.33. The number of ether oxygens (including phenoxy) is 2. The fourth-order valence-electron chi connectivity index (χ4n) is 1.48. The van der Waals surface area contributed by atoms with Crippen molar-refractivity contribution < 1.29 is 9.47 Å². The fourth-order valence-corrected chi connectivity index (χ4v) is 1.48. The lowest BCUT2D eigenvalue weighted by atomic mass is 10.2. The van der Waals surface area contributed by atoms with Gasteiger partial charge in [-0.05, 0) is 18.2 Å². The van der Waals surface area contributed by atoms with Gasteiger partial charge in [-0.15, -0.1) is 0 Å². The van der Waals surface area contributed by atoms with Crippen LogP contribution in [-0.4, -0.2) is 19.8 Å². The molecule has 1 aromatic rings. The van der Waals surface area contributed by atoms with E-state index in [1.165, 1.54) is 0 Å². The highest BCUT2D eigenvalue weighted by Gasteiger charge is 2.14. The molecular formula is C13H15NO2. The van der Waals surface area contributed by atoms with E-state index < -0.39 is 0 Å². The minimum atomic E-state index is 0.367. The van der Waals surface area contributed by atoms with Crippen molar-refractivity contribution in [2.24, 2.45) is 11.7 Å². The van der Waals surface area contributed by atoms with E-state index in [0.29, 0.717) is 25.7 Å². The van der Waals surface area contributed by atoms with Crippen molar-refractivity contribution in [1.29, 1.82) is 0 Å². The van der Waals surface area contributed by atoms with Gasteiger partial charge >= 0.3 is 0 Å². The second-order valence-corrected chi connectivity index (χ2v) is 3.89. The molecule has 0 saturated heterocycles. The molecule has 0 aromatic heterocycles. The number of fused-ring (bicyclic) bond motifs is 1. The molecule has 2 rings (SSSR count). The molecular weight excluding hydrogens is 202 g/mol. The van der Waals surface area contributed by atoms with Crippen molar-refractivity contribution in [1.82, 2.24) is 0 Å². The van der Waals surface area contributed by atoms with E-state index >= 15 is 0 Å². The van der Waals surface area contributed by atoms with Crippen molar-refractivity contribution in [3.05, 3.63) is 23.8 Å². The maximum absolute atomic E-state index is 5.66. The summed E-state index contributed by atoms with van der Waals surface area (Å²) in [5.74, 6) is 7.77. The molecule has 1 aliphatic heterocycles. The summed E-state index contributed by atoms with van der Waals surface area (Å²) in [6.07, 6.45) is 0. The molecule has 0 spiro atoms. The van der Waals surface area contributed by atoms with E-state index in [2.05, 4.69) is 18.8 Å². The van der Waals surface area contributed by atoms with Gasteiger partial charge in [-0.3, -0.25) is 0 Å². The highest BCUT2D eigenvalue weighted by atomic mass is 16.5. The molecule has 3 nitrogen and oxygen atoms in total. The van der Waals surface area contributed by atoms with Crippen LogP contribution >= 0.6 is 0 Å². The van der Waals surface area contributed by atoms with Crippen LogP contribution in [0.25, 0.3) is 0 Å². The van der Waals surface area contributed by atoms with E-state index in [0.717, 1.165) is 17.1 Å². The first-order chi connectivity index (χ1) is 7.79. The molecule has 0 amide bonds. The zero-order valence-electron chi connectivity index (χ0n) is 9.32. The Morgan fingerprint density at radius 3 is 2.81 bits per heavy atom. The van der Waals surface area contributed by atoms with Crippen LogP contribution in [-0.2, 0) is 0 Å². The van der Waals surface area contributed by atoms with Gasteiger partial charge < -0.3 is 15.2 Å². The Kier molecular flexibility index (Phi) is 3.33. The molecule has 0 aliphatic carbocycles. The second kappa shape index (κ2) is 4.91. The Hall–Kier alpha value is -1.66. The van der Waals surface area contributed by atoms with Crippen LogP contribution in [0, 0.1) is 17.8 Å². The lowest BCUT2D eigenvalue weighted by Gasteiger charge is -2.06. The van der Waals surface area contributed by atoms with Crippen LogP contribution in [0.5, 0.6) is 11.5 Å². The molecule has 1 aromatic carbocycles. The number of rotatable bonds is 0. The first-order valence-electron chi connectivity index (χ1n) is 5.38. The van der Waals surface area contributed by atoms with E-state index in [1.54, 1.807) is 0 Å². The summed E-state index contributed by atoms with van der Waals surface area (Å²) in [7, 11) is 0. The SMILES string of the molecule is CC1COc2ccc(C#CCN)cc2OC1. The average molecular weight is 217 g/mol. The second-order valence-electron chi connectivity index (χ2n) is 3.89. The maximum atomic E-state index is 5.66. The van der Waals surface area contributed by atoms with Gasteiger partial charge in [-0.2, -0.15) is 0 Å². The number of nitrogens with two attached hydrogens (primary N) is 1. The highest BCUT2D eigenvalue weighted by molar-refractivity contribution is 5.48. The van der Waals surface area contributed by atoms with Crippen molar-refractivity contribution in [2.45, 2.75) is 6.92 Å². The Balaban J connectivity index is 2.25. The van der Waals surface area contributed by atoms with E-state index in [9.17, 15) is 0 Å². The van der Waals surface area contributed by atoms with Crippen molar-refractivity contribution >= 4 is 0 Å².